The van der Waals surface area contributed by atoms with Crippen molar-refractivity contribution in [3.05, 3.63) is 97.0 Å². The highest BCUT2D eigenvalue weighted by Crippen LogP contribution is 2.23. The minimum atomic E-state index is -0.625. The van der Waals surface area contributed by atoms with Gasteiger partial charge in [-0.15, -0.1) is 0 Å². The van der Waals surface area contributed by atoms with Gasteiger partial charge in [0.25, 0.3) is 5.91 Å². The summed E-state index contributed by atoms with van der Waals surface area (Å²) in [7, 11) is 0. The molecule has 0 heterocycles. The highest BCUT2D eigenvalue weighted by Gasteiger charge is 2.14. The van der Waals surface area contributed by atoms with Gasteiger partial charge in [-0.05, 0) is 82.8 Å². The first-order valence-corrected chi connectivity index (χ1v) is 10.6. The molecule has 0 atom stereocenters. The van der Waals surface area contributed by atoms with Crippen LogP contribution in [-0.2, 0) is 4.79 Å². The van der Waals surface area contributed by atoms with Gasteiger partial charge in [-0.2, -0.15) is 5.26 Å². The predicted octanol–water partition coefficient (Wildman–Crippen LogP) is 6.36. The van der Waals surface area contributed by atoms with E-state index in [0.717, 1.165) is 3.57 Å². The SMILES string of the molecule is N#C/C(=C\c1ccc(OC(=O)c2ccc(Cl)cc2Cl)cc1)C(=O)Nc1cccc(I)c1. The van der Waals surface area contributed by atoms with Gasteiger partial charge in [0.1, 0.15) is 17.4 Å². The summed E-state index contributed by atoms with van der Waals surface area (Å²) in [4.78, 5) is 24.7. The second-order valence-corrected chi connectivity index (χ2v) is 8.31. The number of hydrogen-bond acceptors (Lipinski definition) is 4. The molecule has 3 aromatic carbocycles. The molecule has 0 radical (unpaired) electrons. The summed E-state index contributed by atoms with van der Waals surface area (Å²) in [5, 5.41) is 12.7. The van der Waals surface area contributed by atoms with Crippen molar-refractivity contribution in [2.24, 2.45) is 0 Å². The summed E-state index contributed by atoms with van der Waals surface area (Å²) in [6, 6.07) is 20.0. The Morgan fingerprint density at radius 3 is 2.42 bits per heavy atom. The quantitative estimate of drug-likeness (QED) is 0.129. The number of ether oxygens (including phenoxy) is 1. The Balaban J connectivity index is 1.70. The van der Waals surface area contributed by atoms with Crippen LogP contribution in [0.5, 0.6) is 5.75 Å². The van der Waals surface area contributed by atoms with E-state index in [4.69, 9.17) is 27.9 Å². The van der Waals surface area contributed by atoms with Crippen LogP contribution in [0.2, 0.25) is 10.0 Å². The number of carbonyl (C=O) groups is 2. The van der Waals surface area contributed by atoms with Crippen LogP contribution in [-0.4, -0.2) is 11.9 Å². The molecule has 31 heavy (non-hydrogen) atoms. The van der Waals surface area contributed by atoms with Crippen molar-refractivity contribution < 1.29 is 14.3 Å². The average Bonchev–Trinajstić information content (AvgIpc) is 2.73. The fraction of sp³-hybridized carbons (Fsp3) is 0. The number of halogens is 3. The first-order valence-electron chi connectivity index (χ1n) is 8.82. The molecular formula is C23H13Cl2IN2O3. The molecule has 0 saturated carbocycles. The fourth-order valence-electron chi connectivity index (χ4n) is 2.53. The largest absolute Gasteiger partial charge is 0.423 e. The van der Waals surface area contributed by atoms with Crippen molar-refractivity contribution in [3.8, 4) is 11.8 Å². The molecule has 0 fully saturated rings. The molecule has 154 valence electrons. The van der Waals surface area contributed by atoms with Crippen LogP contribution < -0.4 is 10.1 Å². The maximum absolute atomic E-state index is 12.4. The third-order valence-electron chi connectivity index (χ3n) is 4.00. The van der Waals surface area contributed by atoms with E-state index in [1.807, 2.05) is 18.2 Å². The van der Waals surface area contributed by atoms with E-state index >= 15 is 0 Å². The van der Waals surface area contributed by atoms with Gasteiger partial charge in [0.15, 0.2) is 0 Å². The third-order valence-corrected chi connectivity index (χ3v) is 5.22. The number of benzene rings is 3. The standard InChI is InChI=1S/C23H13Cl2IN2O3/c24-16-6-9-20(21(25)11-16)23(30)31-19-7-4-14(5-8-19)10-15(13-27)22(29)28-18-3-1-2-17(26)12-18/h1-12H,(H,28,29)/b15-10+. The molecule has 8 heteroatoms. The van der Waals surface area contributed by atoms with Gasteiger partial charge >= 0.3 is 5.97 Å². The summed E-state index contributed by atoms with van der Waals surface area (Å²) in [5.41, 5.74) is 1.32. The number of hydrogen-bond donors (Lipinski definition) is 1. The fourth-order valence-corrected chi connectivity index (χ4v) is 3.56. The normalized spacial score (nSPS) is 10.8. The Bertz CT molecular complexity index is 1220. The van der Waals surface area contributed by atoms with E-state index in [-0.39, 0.29) is 21.9 Å². The minimum Gasteiger partial charge on any atom is -0.423 e. The summed E-state index contributed by atoms with van der Waals surface area (Å²) in [6.07, 6.45) is 1.45. The number of rotatable bonds is 5. The van der Waals surface area contributed by atoms with Crippen LogP contribution >= 0.6 is 45.8 Å². The summed E-state index contributed by atoms with van der Waals surface area (Å²) < 4.78 is 6.27. The Kier molecular flexibility index (Phi) is 7.69. The number of amides is 1. The summed E-state index contributed by atoms with van der Waals surface area (Å²) in [5.74, 6) is -0.855. The Morgan fingerprint density at radius 2 is 1.77 bits per heavy atom. The Morgan fingerprint density at radius 1 is 1.03 bits per heavy atom. The molecule has 0 aliphatic heterocycles. The zero-order valence-corrected chi connectivity index (χ0v) is 19.4. The van der Waals surface area contributed by atoms with Crippen LogP contribution in [0.3, 0.4) is 0 Å². The highest BCUT2D eigenvalue weighted by molar-refractivity contribution is 14.1. The zero-order valence-electron chi connectivity index (χ0n) is 15.7. The topological polar surface area (TPSA) is 79.2 Å². The lowest BCUT2D eigenvalue weighted by molar-refractivity contribution is -0.112. The van der Waals surface area contributed by atoms with E-state index in [0.29, 0.717) is 16.3 Å². The smallest absolute Gasteiger partial charge is 0.345 e. The number of nitrogens with one attached hydrogen (secondary N) is 1. The van der Waals surface area contributed by atoms with Crippen LogP contribution in [0.4, 0.5) is 5.69 Å². The molecule has 0 unspecified atom stereocenters. The van der Waals surface area contributed by atoms with Crippen molar-refractivity contribution in [3.63, 3.8) is 0 Å². The number of nitriles is 1. The van der Waals surface area contributed by atoms with Crippen molar-refractivity contribution in [2.75, 3.05) is 5.32 Å². The van der Waals surface area contributed by atoms with Gasteiger partial charge in [-0.3, -0.25) is 4.79 Å². The van der Waals surface area contributed by atoms with Gasteiger partial charge in [0, 0.05) is 14.3 Å². The van der Waals surface area contributed by atoms with Gasteiger partial charge in [0.05, 0.1) is 10.6 Å². The van der Waals surface area contributed by atoms with Crippen LogP contribution in [0.1, 0.15) is 15.9 Å². The number of esters is 1. The second-order valence-electron chi connectivity index (χ2n) is 6.22. The number of anilines is 1. The van der Waals surface area contributed by atoms with Gasteiger partial charge in [-0.1, -0.05) is 41.4 Å². The van der Waals surface area contributed by atoms with Gasteiger partial charge in [0.2, 0.25) is 0 Å². The predicted molar refractivity (Wildman–Crippen MR) is 129 cm³/mol. The van der Waals surface area contributed by atoms with Crippen LogP contribution in [0.25, 0.3) is 6.08 Å². The highest BCUT2D eigenvalue weighted by atomic mass is 127. The molecule has 0 aliphatic carbocycles. The molecular weight excluding hydrogens is 550 g/mol. The van der Waals surface area contributed by atoms with E-state index in [1.165, 1.54) is 18.2 Å². The Labute approximate surface area is 202 Å². The van der Waals surface area contributed by atoms with E-state index in [1.54, 1.807) is 42.5 Å². The maximum Gasteiger partial charge on any atom is 0.345 e. The van der Waals surface area contributed by atoms with Crippen LogP contribution in [0, 0.1) is 14.9 Å². The minimum absolute atomic E-state index is 0.0587. The molecule has 0 spiro atoms. The summed E-state index contributed by atoms with van der Waals surface area (Å²) in [6.45, 7) is 0. The Hall–Kier alpha value is -2.86. The summed E-state index contributed by atoms with van der Waals surface area (Å²) >= 11 is 14.0. The monoisotopic (exact) mass is 562 g/mol. The zero-order chi connectivity index (χ0) is 22.4. The molecule has 5 nitrogen and oxygen atoms in total. The molecule has 0 saturated heterocycles. The molecule has 0 bridgehead atoms. The van der Waals surface area contributed by atoms with Crippen molar-refractivity contribution in [1.29, 1.82) is 5.26 Å². The molecule has 0 aliphatic rings. The lowest BCUT2D eigenvalue weighted by Crippen LogP contribution is -2.13. The lowest BCUT2D eigenvalue weighted by atomic mass is 10.1. The van der Waals surface area contributed by atoms with Gasteiger partial charge < -0.3 is 10.1 Å². The number of nitrogens with zero attached hydrogens (tertiary/aromatic N) is 1. The van der Waals surface area contributed by atoms with E-state index in [2.05, 4.69) is 27.9 Å². The maximum atomic E-state index is 12.4. The first-order chi connectivity index (χ1) is 14.9. The number of carbonyl (C=O) groups excluding carboxylic acids is 2. The molecule has 3 aromatic rings. The van der Waals surface area contributed by atoms with Crippen molar-refractivity contribution in [2.45, 2.75) is 0 Å². The van der Waals surface area contributed by atoms with E-state index < -0.39 is 11.9 Å². The third kappa shape index (κ3) is 6.31. The van der Waals surface area contributed by atoms with E-state index in [9.17, 15) is 14.9 Å². The first kappa shape index (κ1) is 22.8. The van der Waals surface area contributed by atoms with Crippen molar-refractivity contribution in [1.82, 2.24) is 0 Å². The molecule has 1 amide bonds. The molecule has 3 rings (SSSR count). The lowest BCUT2D eigenvalue weighted by Gasteiger charge is -2.07. The average molecular weight is 563 g/mol. The van der Waals surface area contributed by atoms with Crippen LogP contribution in [0.15, 0.2) is 72.3 Å². The van der Waals surface area contributed by atoms with Crippen molar-refractivity contribution >= 4 is 69.4 Å². The molecule has 0 aromatic heterocycles. The second kappa shape index (κ2) is 10.4. The molecule has 1 N–H and O–H groups in total. The van der Waals surface area contributed by atoms with Gasteiger partial charge in [-0.25, -0.2) is 4.79 Å².